The van der Waals surface area contributed by atoms with Gasteiger partial charge in [0.05, 0.1) is 19.3 Å². The van der Waals surface area contributed by atoms with Crippen LogP contribution in [0.3, 0.4) is 0 Å². The summed E-state index contributed by atoms with van der Waals surface area (Å²) in [4.78, 5) is 8.74. The summed E-state index contributed by atoms with van der Waals surface area (Å²) < 4.78 is 9.94. The van der Waals surface area contributed by atoms with Gasteiger partial charge in [-0.2, -0.15) is 4.98 Å². The van der Waals surface area contributed by atoms with E-state index in [-0.39, 0.29) is 0 Å². The van der Waals surface area contributed by atoms with Crippen LogP contribution in [0.15, 0.2) is 4.52 Å². The summed E-state index contributed by atoms with van der Waals surface area (Å²) in [7, 11) is 3.68. The van der Waals surface area contributed by atoms with Crippen molar-refractivity contribution in [2.45, 2.75) is 32.0 Å². The van der Waals surface area contributed by atoms with Crippen molar-refractivity contribution in [2.75, 3.05) is 40.4 Å². The zero-order valence-electron chi connectivity index (χ0n) is 12.4. The molecule has 20 heavy (non-hydrogen) atoms. The van der Waals surface area contributed by atoms with Crippen LogP contribution in [-0.2, 0) is 11.3 Å². The first-order valence-corrected chi connectivity index (χ1v) is 6.97. The van der Waals surface area contributed by atoms with Crippen LogP contribution in [0.25, 0.3) is 0 Å². The molecule has 0 radical (unpaired) electrons. The van der Waals surface area contributed by atoms with Crippen LogP contribution < -0.4 is 0 Å². The first kappa shape index (κ1) is 15.4. The summed E-state index contributed by atoms with van der Waals surface area (Å²) in [6.07, 6.45) is 0.677. The molecule has 0 bridgehead atoms. The zero-order chi connectivity index (χ0) is 14.5. The van der Waals surface area contributed by atoms with E-state index in [9.17, 15) is 5.11 Å². The second kappa shape index (κ2) is 7.12. The number of likely N-dealkylation sites (N-methyl/N-ethyl adjacent to an activating group) is 1. The number of ether oxygens (including phenoxy) is 1. The molecule has 114 valence electrons. The van der Waals surface area contributed by atoms with Crippen LogP contribution in [-0.4, -0.2) is 77.6 Å². The summed E-state index contributed by atoms with van der Waals surface area (Å²) >= 11 is 0. The molecule has 1 fully saturated rings. The van der Waals surface area contributed by atoms with E-state index in [0.717, 1.165) is 25.3 Å². The molecule has 2 rings (SSSR count). The van der Waals surface area contributed by atoms with E-state index in [0.29, 0.717) is 31.6 Å². The highest BCUT2D eigenvalue weighted by molar-refractivity contribution is 4.88. The van der Waals surface area contributed by atoms with Crippen molar-refractivity contribution < 1.29 is 14.4 Å². The van der Waals surface area contributed by atoms with E-state index in [2.05, 4.69) is 27.0 Å². The van der Waals surface area contributed by atoms with Crippen molar-refractivity contribution in [3.8, 4) is 0 Å². The smallest absolute Gasteiger partial charge is 0.223 e. The third-order valence-corrected chi connectivity index (χ3v) is 3.66. The first-order valence-electron chi connectivity index (χ1n) is 6.97. The number of aliphatic hydroxyl groups excluding tert-OH is 1. The molecule has 2 atom stereocenters. The molecule has 1 aliphatic heterocycles. The van der Waals surface area contributed by atoms with Crippen molar-refractivity contribution in [3.05, 3.63) is 11.7 Å². The lowest BCUT2D eigenvalue weighted by molar-refractivity contribution is 0.0413. The maximum Gasteiger partial charge on any atom is 0.223 e. The highest BCUT2D eigenvalue weighted by atomic mass is 16.5. The van der Waals surface area contributed by atoms with Gasteiger partial charge >= 0.3 is 0 Å². The summed E-state index contributed by atoms with van der Waals surface area (Å²) in [6, 6.07) is 0.462. The van der Waals surface area contributed by atoms with Crippen LogP contribution in [0.1, 0.15) is 18.1 Å². The van der Waals surface area contributed by atoms with Crippen LogP contribution in [0.2, 0.25) is 0 Å². The number of β-amino-alcohol motifs (C(OH)–C–C–N with tert-alkyl or cyclic N) is 1. The maximum absolute atomic E-state index is 9.76. The summed E-state index contributed by atoms with van der Waals surface area (Å²) in [5, 5.41) is 13.7. The lowest BCUT2D eigenvalue weighted by Gasteiger charge is -2.24. The number of rotatable bonds is 7. The zero-order valence-corrected chi connectivity index (χ0v) is 12.4. The molecule has 1 aliphatic rings. The fraction of sp³-hybridized carbons (Fsp3) is 0.846. The standard InChI is InChI=1S/C13H24N4O3/c1-10-14-13(15-20-10)8-16(2)11-4-5-17(6-11)7-12(18)9-19-3/h11-12,18H,4-9H2,1-3H3/t11-,12+/m0/s1. The van der Waals surface area contributed by atoms with E-state index in [1.165, 1.54) is 0 Å². The number of aryl methyl sites for hydroxylation is 1. The molecule has 7 nitrogen and oxygen atoms in total. The Morgan fingerprint density at radius 3 is 3.05 bits per heavy atom. The number of likely N-dealkylation sites (tertiary alicyclic amines) is 1. The maximum atomic E-state index is 9.76. The minimum atomic E-state index is -0.413. The number of aliphatic hydroxyl groups is 1. The van der Waals surface area contributed by atoms with Crippen molar-refractivity contribution in [1.29, 1.82) is 0 Å². The van der Waals surface area contributed by atoms with Crippen LogP contribution in [0.4, 0.5) is 0 Å². The lowest BCUT2D eigenvalue weighted by atomic mass is 10.2. The third-order valence-electron chi connectivity index (χ3n) is 3.66. The van der Waals surface area contributed by atoms with Crippen molar-refractivity contribution >= 4 is 0 Å². The van der Waals surface area contributed by atoms with Crippen LogP contribution in [0, 0.1) is 6.92 Å². The van der Waals surface area contributed by atoms with Gasteiger partial charge in [-0.3, -0.25) is 9.80 Å². The number of hydrogen-bond donors (Lipinski definition) is 1. The Morgan fingerprint density at radius 2 is 2.40 bits per heavy atom. The normalized spacial score (nSPS) is 21.8. The Labute approximate surface area is 119 Å². The average Bonchev–Trinajstić information content (AvgIpc) is 2.99. The van der Waals surface area contributed by atoms with Gasteiger partial charge in [0.25, 0.3) is 0 Å². The largest absolute Gasteiger partial charge is 0.389 e. The molecule has 0 unspecified atom stereocenters. The first-order chi connectivity index (χ1) is 9.58. The number of aromatic nitrogens is 2. The summed E-state index contributed by atoms with van der Waals surface area (Å²) in [5.41, 5.74) is 0. The van der Waals surface area contributed by atoms with Gasteiger partial charge in [0.1, 0.15) is 0 Å². The molecule has 0 aliphatic carbocycles. The van der Waals surface area contributed by atoms with Gasteiger partial charge in [0.15, 0.2) is 5.82 Å². The Balaban J connectivity index is 1.77. The molecule has 2 heterocycles. The molecule has 1 aromatic rings. The molecule has 7 heteroatoms. The van der Waals surface area contributed by atoms with Crippen molar-refractivity contribution in [3.63, 3.8) is 0 Å². The topological polar surface area (TPSA) is 74.9 Å². The molecule has 0 amide bonds. The van der Waals surface area contributed by atoms with Crippen molar-refractivity contribution in [2.24, 2.45) is 0 Å². The molecular formula is C13H24N4O3. The minimum absolute atomic E-state index is 0.388. The fourth-order valence-electron chi connectivity index (χ4n) is 2.64. The molecule has 0 spiro atoms. The van der Waals surface area contributed by atoms with Gasteiger partial charge in [-0.25, -0.2) is 0 Å². The molecule has 1 aromatic heterocycles. The molecular weight excluding hydrogens is 260 g/mol. The second-order valence-corrected chi connectivity index (χ2v) is 5.46. The van der Waals surface area contributed by atoms with Gasteiger partial charge in [0.2, 0.25) is 5.89 Å². The van der Waals surface area contributed by atoms with E-state index in [1.807, 2.05) is 0 Å². The molecule has 0 aromatic carbocycles. The van der Waals surface area contributed by atoms with Crippen molar-refractivity contribution in [1.82, 2.24) is 19.9 Å². The SMILES string of the molecule is COC[C@H](O)CN1CC[C@H](N(C)Cc2noc(C)n2)C1. The number of hydrogen-bond acceptors (Lipinski definition) is 7. The molecule has 1 N–H and O–H groups in total. The number of methoxy groups -OCH3 is 1. The fourth-order valence-corrected chi connectivity index (χ4v) is 2.64. The monoisotopic (exact) mass is 284 g/mol. The number of nitrogens with zero attached hydrogens (tertiary/aromatic N) is 4. The van der Waals surface area contributed by atoms with Gasteiger partial charge in [-0.05, 0) is 20.0 Å². The van der Waals surface area contributed by atoms with E-state index < -0.39 is 6.10 Å². The van der Waals surface area contributed by atoms with Gasteiger partial charge in [0, 0.05) is 33.2 Å². The van der Waals surface area contributed by atoms with E-state index in [4.69, 9.17) is 9.26 Å². The predicted molar refractivity (Wildman–Crippen MR) is 73.2 cm³/mol. The second-order valence-electron chi connectivity index (χ2n) is 5.46. The van der Waals surface area contributed by atoms with Gasteiger partial charge in [-0.15, -0.1) is 0 Å². The van der Waals surface area contributed by atoms with Crippen LogP contribution >= 0.6 is 0 Å². The Morgan fingerprint density at radius 1 is 1.60 bits per heavy atom. The average molecular weight is 284 g/mol. The summed E-state index contributed by atoms with van der Waals surface area (Å²) in [6.45, 7) is 5.50. The highest BCUT2D eigenvalue weighted by Crippen LogP contribution is 2.16. The Kier molecular flexibility index (Phi) is 5.47. The van der Waals surface area contributed by atoms with Crippen LogP contribution in [0.5, 0.6) is 0 Å². The third kappa shape index (κ3) is 4.24. The van der Waals surface area contributed by atoms with Gasteiger partial charge in [-0.1, -0.05) is 5.16 Å². The Hall–Kier alpha value is -1.02. The predicted octanol–water partition coefficient (Wildman–Crippen LogP) is -0.109. The summed E-state index contributed by atoms with van der Waals surface area (Å²) in [5.74, 6) is 1.33. The molecule has 0 saturated carbocycles. The van der Waals surface area contributed by atoms with E-state index in [1.54, 1.807) is 14.0 Å². The highest BCUT2D eigenvalue weighted by Gasteiger charge is 2.27. The van der Waals surface area contributed by atoms with Gasteiger partial charge < -0.3 is 14.4 Å². The Bertz CT molecular complexity index is 412. The van der Waals surface area contributed by atoms with E-state index >= 15 is 0 Å². The molecule has 1 saturated heterocycles. The quantitative estimate of drug-likeness (QED) is 0.749. The minimum Gasteiger partial charge on any atom is -0.389 e. The lowest BCUT2D eigenvalue weighted by Crippen LogP contribution is -2.37.